The van der Waals surface area contributed by atoms with Crippen molar-refractivity contribution in [2.24, 2.45) is 16.6 Å². The van der Waals surface area contributed by atoms with Crippen molar-refractivity contribution < 1.29 is 8.42 Å². The van der Waals surface area contributed by atoms with E-state index in [-0.39, 0.29) is 24.0 Å². The molecule has 8 heteroatoms. The van der Waals surface area contributed by atoms with E-state index < -0.39 is 10.0 Å². The van der Waals surface area contributed by atoms with Crippen LogP contribution in [-0.4, -0.2) is 31.8 Å². The fourth-order valence-electron chi connectivity index (χ4n) is 3.17. The Morgan fingerprint density at radius 3 is 2.50 bits per heavy atom. The lowest BCUT2D eigenvalue weighted by Crippen LogP contribution is -2.39. The lowest BCUT2D eigenvalue weighted by atomic mass is 10.0. The van der Waals surface area contributed by atoms with E-state index in [2.05, 4.69) is 17.2 Å². The van der Waals surface area contributed by atoms with Crippen LogP contribution in [0.3, 0.4) is 0 Å². The first-order chi connectivity index (χ1) is 12.9. The highest BCUT2D eigenvalue weighted by molar-refractivity contribution is 14.0. The van der Waals surface area contributed by atoms with Gasteiger partial charge in [0.15, 0.2) is 5.96 Å². The number of halogens is 1. The van der Waals surface area contributed by atoms with Crippen LogP contribution in [0.25, 0.3) is 0 Å². The highest BCUT2D eigenvalue weighted by Gasteiger charge is 2.28. The molecule has 0 bridgehead atoms. The maximum absolute atomic E-state index is 12.8. The van der Waals surface area contributed by atoms with Crippen LogP contribution in [0.5, 0.6) is 0 Å². The van der Waals surface area contributed by atoms with Crippen molar-refractivity contribution in [1.29, 1.82) is 0 Å². The average Bonchev–Trinajstić information content (AvgIpc) is 2.67. The first kappa shape index (κ1) is 22.6. The van der Waals surface area contributed by atoms with Gasteiger partial charge in [-0.25, -0.2) is 13.4 Å². The normalized spacial score (nSPS) is 18.3. The van der Waals surface area contributed by atoms with Gasteiger partial charge in [-0.1, -0.05) is 37.3 Å². The first-order valence-electron chi connectivity index (χ1n) is 9.16. The molecule has 3 rings (SSSR count). The number of nitrogens with zero attached hydrogens (tertiary/aromatic N) is 2. The third-order valence-corrected chi connectivity index (χ3v) is 6.54. The van der Waals surface area contributed by atoms with Gasteiger partial charge in [-0.2, -0.15) is 4.31 Å². The van der Waals surface area contributed by atoms with E-state index in [0.717, 1.165) is 24.1 Å². The van der Waals surface area contributed by atoms with Crippen molar-refractivity contribution in [2.75, 3.05) is 18.4 Å². The quantitative estimate of drug-likeness (QED) is 0.362. The topological polar surface area (TPSA) is 87.8 Å². The SMILES string of the molecule is CC1CCCN(S(=O)(=O)c2ccc(CN=C(N)Nc3ccccc3)cc2)C1.I. The van der Waals surface area contributed by atoms with E-state index in [1.807, 2.05) is 30.3 Å². The zero-order chi connectivity index (χ0) is 19.3. The van der Waals surface area contributed by atoms with Crippen molar-refractivity contribution in [3.63, 3.8) is 0 Å². The zero-order valence-corrected chi connectivity index (χ0v) is 19.1. The molecule has 2 aromatic carbocycles. The molecule has 1 atom stereocenters. The maximum Gasteiger partial charge on any atom is 0.243 e. The second kappa shape index (κ2) is 10.2. The third kappa shape index (κ3) is 5.92. The van der Waals surface area contributed by atoms with Crippen molar-refractivity contribution in [3.05, 3.63) is 60.2 Å². The second-order valence-electron chi connectivity index (χ2n) is 6.95. The summed E-state index contributed by atoms with van der Waals surface area (Å²) in [6, 6.07) is 16.5. The highest BCUT2D eigenvalue weighted by atomic mass is 127. The van der Waals surface area contributed by atoms with Crippen LogP contribution in [0.2, 0.25) is 0 Å². The number of nitrogens with one attached hydrogen (secondary N) is 1. The second-order valence-corrected chi connectivity index (χ2v) is 8.88. The number of rotatable bonds is 5. The van der Waals surface area contributed by atoms with Crippen molar-refractivity contribution in [3.8, 4) is 0 Å². The Labute approximate surface area is 184 Å². The van der Waals surface area contributed by atoms with Gasteiger partial charge in [0.2, 0.25) is 10.0 Å². The molecule has 0 saturated carbocycles. The number of aliphatic imine (C=N–C) groups is 1. The Morgan fingerprint density at radius 2 is 1.86 bits per heavy atom. The smallest absolute Gasteiger partial charge is 0.243 e. The van der Waals surface area contributed by atoms with E-state index in [1.165, 1.54) is 0 Å². The van der Waals surface area contributed by atoms with Crippen LogP contribution in [0.1, 0.15) is 25.3 Å². The number of hydrogen-bond donors (Lipinski definition) is 2. The molecule has 0 aromatic heterocycles. The highest BCUT2D eigenvalue weighted by Crippen LogP contribution is 2.23. The number of benzene rings is 2. The number of hydrogen-bond acceptors (Lipinski definition) is 3. The molecule has 0 radical (unpaired) electrons. The molecular weight excluding hydrogens is 487 g/mol. The average molecular weight is 514 g/mol. The summed E-state index contributed by atoms with van der Waals surface area (Å²) in [6.45, 7) is 3.67. The van der Waals surface area contributed by atoms with Crippen LogP contribution in [0.4, 0.5) is 5.69 Å². The predicted molar refractivity (Wildman–Crippen MR) is 124 cm³/mol. The van der Waals surface area contributed by atoms with Gasteiger partial charge in [0.25, 0.3) is 0 Å². The molecular formula is C20H27IN4O2S. The number of piperidine rings is 1. The summed E-state index contributed by atoms with van der Waals surface area (Å²) in [5.74, 6) is 0.724. The molecule has 2 aromatic rings. The Morgan fingerprint density at radius 1 is 1.18 bits per heavy atom. The van der Waals surface area contributed by atoms with Crippen LogP contribution < -0.4 is 11.1 Å². The van der Waals surface area contributed by atoms with Gasteiger partial charge in [-0.05, 0) is 48.6 Å². The summed E-state index contributed by atoms with van der Waals surface area (Å²) in [5.41, 5.74) is 7.67. The van der Waals surface area contributed by atoms with Crippen LogP contribution >= 0.6 is 24.0 Å². The standard InChI is InChI=1S/C20H26N4O2S.HI/c1-16-6-5-13-24(15-16)27(25,26)19-11-9-17(10-12-19)14-22-20(21)23-18-7-3-2-4-8-18;/h2-4,7-12,16H,5-6,13-15H2,1H3,(H3,21,22,23);1H. The van der Waals surface area contributed by atoms with Crippen molar-refractivity contribution in [1.82, 2.24) is 4.31 Å². The number of nitrogens with two attached hydrogens (primary N) is 1. The van der Waals surface area contributed by atoms with Gasteiger partial charge in [0.1, 0.15) is 0 Å². The Kier molecular flexibility index (Phi) is 8.26. The Hall–Kier alpha value is -1.65. The fourth-order valence-corrected chi connectivity index (χ4v) is 4.76. The number of anilines is 1. The third-order valence-electron chi connectivity index (χ3n) is 4.66. The molecule has 6 nitrogen and oxygen atoms in total. The lowest BCUT2D eigenvalue weighted by molar-refractivity contribution is 0.281. The Bertz CT molecular complexity index is 886. The molecule has 0 amide bonds. The minimum atomic E-state index is -3.42. The monoisotopic (exact) mass is 514 g/mol. The van der Waals surface area contributed by atoms with Crippen molar-refractivity contribution in [2.45, 2.75) is 31.2 Å². The van der Waals surface area contributed by atoms with Gasteiger partial charge in [-0.15, -0.1) is 24.0 Å². The molecule has 1 saturated heterocycles. The molecule has 1 aliphatic heterocycles. The summed E-state index contributed by atoms with van der Waals surface area (Å²) >= 11 is 0. The molecule has 28 heavy (non-hydrogen) atoms. The summed E-state index contributed by atoms with van der Waals surface area (Å²) < 4.78 is 27.2. The zero-order valence-electron chi connectivity index (χ0n) is 15.9. The van der Waals surface area contributed by atoms with Gasteiger partial charge in [-0.3, -0.25) is 0 Å². The minimum Gasteiger partial charge on any atom is -0.370 e. The maximum atomic E-state index is 12.8. The molecule has 1 aliphatic rings. The molecule has 1 heterocycles. The molecule has 0 aliphatic carbocycles. The van der Waals surface area contributed by atoms with Gasteiger partial charge >= 0.3 is 0 Å². The van der Waals surface area contributed by atoms with E-state index in [0.29, 0.717) is 36.4 Å². The number of sulfonamides is 1. The van der Waals surface area contributed by atoms with E-state index in [9.17, 15) is 8.42 Å². The van der Waals surface area contributed by atoms with Gasteiger partial charge in [0.05, 0.1) is 11.4 Å². The molecule has 3 N–H and O–H groups in total. The Balaban J connectivity index is 0.00000280. The summed E-state index contributed by atoms with van der Waals surface area (Å²) in [6.07, 6.45) is 2.00. The van der Waals surface area contributed by atoms with E-state index in [4.69, 9.17) is 5.73 Å². The van der Waals surface area contributed by atoms with E-state index >= 15 is 0 Å². The van der Waals surface area contributed by atoms with Gasteiger partial charge < -0.3 is 11.1 Å². The summed E-state index contributed by atoms with van der Waals surface area (Å²) in [4.78, 5) is 4.64. The van der Waals surface area contributed by atoms with Crippen LogP contribution in [-0.2, 0) is 16.6 Å². The van der Waals surface area contributed by atoms with Crippen LogP contribution in [0.15, 0.2) is 64.5 Å². The molecule has 1 unspecified atom stereocenters. The largest absolute Gasteiger partial charge is 0.370 e. The summed E-state index contributed by atoms with van der Waals surface area (Å²) in [7, 11) is -3.42. The minimum absolute atomic E-state index is 0. The summed E-state index contributed by atoms with van der Waals surface area (Å²) in [5, 5.41) is 3.02. The first-order valence-corrected chi connectivity index (χ1v) is 10.6. The van der Waals surface area contributed by atoms with Gasteiger partial charge in [0, 0.05) is 18.8 Å². The molecule has 0 spiro atoms. The lowest BCUT2D eigenvalue weighted by Gasteiger charge is -2.30. The van der Waals surface area contributed by atoms with Crippen molar-refractivity contribution >= 4 is 45.6 Å². The van der Waals surface area contributed by atoms with E-state index in [1.54, 1.807) is 28.6 Å². The predicted octanol–water partition coefficient (Wildman–Crippen LogP) is 3.65. The fraction of sp³-hybridized carbons (Fsp3) is 0.350. The van der Waals surface area contributed by atoms with Crippen LogP contribution in [0, 0.1) is 5.92 Å². The molecule has 1 fully saturated rings. The number of guanidine groups is 1. The molecule has 152 valence electrons. The number of para-hydroxylation sites is 1.